The Kier molecular flexibility index (Phi) is 5.83. The first-order valence-electron chi connectivity index (χ1n) is 6.37. The number of urea groups is 1. The summed E-state index contributed by atoms with van der Waals surface area (Å²) in [5, 5.41) is 4.52. The lowest BCUT2D eigenvalue weighted by Crippen LogP contribution is -2.46. The summed E-state index contributed by atoms with van der Waals surface area (Å²) in [4.78, 5) is 34.7. The number of imide groups is 1. The fraction of sp³-hybridized carbons (Fsp3) is 0.357. The van der Waals surface area contributed by atoms with Crippen molar-refractivity contribution in [3.8, 4) is 0 Å². The lowest BCUT2D eigenvalue weighted by Gasteiger charge is -2.14. The molecule has 0 aromatic heterocycles. The normalized spacial score (nSPS) is 11.7. The average Bonchev–Trinajstić information content (AvgIpc) is 2.38. The quantitative estimate of drug-likeness (QED) is 0.827. The molecule has 0 saturated carbocycles. The number of esters is 1. The van der Waals surface area contributed by atoms with Gasteiger partial charge in [0.05, 0.1) is 5.56 Å². The maximum Gasteiger partial charge on any atom is 0.338 e. The van der Waals surface area contributed by atoms with Crippen LogP contribution in [-0.4, -0.2) is 30.1 Å². The van der Waals surface area contributed by atoms with Gasteiger partial charge in [0.1, 0.15) is 5.82 Å². The Labute approximate surface area is 121 Å². The van der Waals surface area contributed by atoms with Crippen LogP contribution in [0.25, 0.3) is 0 Å². The van der Waals surface area contributed by atoms with Crippen molar-refractivity contribution >= 4 is 17.9 Å². The molecule has 0 aliphatic carbocycles. The van der Waals surface area contributed by atoms with Crippen molar-refractivity contribution in [3.63, 3.8) is 0 Å². The van der Waals surface area contributed by atoms with E-state index in [0.717, 1.165) is 12.1 Å². The fourth-order valence-electron chi connectivity index (χ4n) is 1.38. The SMILES string of the molecule is CC(C)NC(=O)NC(=O)C(C)OC(=O)c1ccc(F)cc1. The third-order valence-corrected chi connectivity index (χ3v) is 2.39. The molecule has 1 rings (SSSR count). The second kappa shape index (κ2) is 7.37. The van der Waals surface area contributed by atoms with E-state index in [4.69, 9.17) is 4.74 Å². The van der Waals surface area contributed by atoms with Gasteiger partial charge in [-0.1, -0.05) is 0 Å². The number of hydrogen-bond acceptors (Lipinski definition) is 4. The van der Waals surface area contributed by atoms with Crippen LogP contribution in [0, 0.1) is 5.82 Å². The molecule has 0 saturated heterocycles. The number of carbonyl (C=O) groups is 3. The minimum atomic E-state index is -1.15. The standard InChI is InChI=1S/C14H17FN2O4/c1-8(2)16-14(20)17-12(18)9(3)21-13(19)10-4-6-11(15)7-5-10/h4-9H,1-3H3,(H2,16,17,18,20). The molecule has 1 aromatic carbocycles. The van der Waals surface area contributed by atoms with E-state index in [1.165, 1.54) is 19.1 Å². The van der Waals surface area contributed by atoms with Crippen molar-refractivity contribution in [1.29, 1.82) is 0 Å². The number of ether oxygens (including phenoxy) is 1. The molecule has 7 heteroatoms. The second-order valence-corrected chi connectivity index (χ2v) is 4.67. The van der Waals surface area contributed by atoms with Gasteiger partial charge in [-0.3, -0.25) is 10.1 Å². The van der Waals surface area contributed by atoms with E-state index in [2.05, 4.69) is 10.6 Å². The zero-order valence-corrected chi connectivity index (χ0v) is 12.0. The van der Waals surface area contributed by atoms with E-state index in [-0.39, 0.29) is 11.6 Å². The van der Waals surface area contributed by atoms with Crippen molar-refractivity contribution in [2.75, 3.05) is 0 Å². The van der Waals surface area contributed by atoms with Crippen LogP contribution in [0.1, 0.15) is 31.1 Å². The van der Waals surface area contributed by atoms with Crippen LogP contribution >= 0.6 is 0 Å². The Bertz CT molecular complexity index is 528. The van der Waals surface area contributed by atoms with Crippen LogP contribution in [-0.2, 0) is 9.53 Å². The number of carbonyl (C=O) groups excluding carboxylic acids is 3. The highest BCUT2D eigenvalue weighted by atomic mass is 19.1. The summed E-state index contributed by atoms with van der Waals surface area (Å²) in [5.41, 5.74) is 0.114. The molecular weight excluding hydrogens is 279 g/mol. The molecule has 6 nitrogen and oxygen atoms in total. The molecule has 0 fully saturated rings. The van der Waals surface area contributed by atoms with Gasteiger partial charge in [0.2, 0.25) is 0 Å². The van der Waals surface area contributed by atoms with Gasteiger partial charge in [0.25, 0.3) is 5.91 Å². The number of nitrogens with one attached hydrogen (secondary N) is 2. The van der Waals surface area contributed by atoms with E-state index in [9.17, 15) is 18.8 Å². The lowest BCUT2D eigenvalue weighted by atomic mass is 10.2. The average molecular weight is 296 g/mol. The molecule has 0 heterocycles. The maximum absolute atomic E-state index is 12.7. The molecule has 0 radical (unpaired) electrons. The van der Waals surface area contributed by atoms with Gasteiger partial charge in [0, 0.05) is 6.04 Å². The third kappa shape index (κ3) is 5.60. The van der Waals surface area contributed by atoms with Crippen LogP contribution in [0.15, 0.2) is 24.3 Å². The van der Waals surface area contributed by atoms with E-state index in [0.29, 0.717) is 0 Å². The topological polar surface area (TPSA) is 84.5 Å². The number of hydrogen-bond donors (Lipinski definition) is 2. The summed E-state index contributed by atoms with van der Waals surface area (Å²) in [7, 11) is 0. The molecule has 0 bridgehead atoms. The van der Waals surface area contributed by atoms with Gasteiger partial charge in [-0.05, 0) is 45.0 Å². The minimum absolute atomic E-state index is 0.114. The summed E-state index contributed by atoms with van der Waals surface area (Å²) < 4.78 is 17.6. The zero-order valence-electron chi connectivity index (χ0n) is 12.0. The Morgan fingerprint density at radius 2 is 1.67 bits per heavy atom. The molecule has 0 aliphatic rings. The van der Waals surface area contributed by atoms with Gasteiger partial charge in [-0.15, -0.1) is 0 Å². The van der Waals surface area contributed by atoms with E-state index in [1.54, 1.807) is 13.8 Å². The van der Waals surface area contributed by atoms with E-state index >= 15 is 0 Å². The Morgan fingerprint density at radius 3 is 2.19 bits per heavy atom. The molecule has 2 N–H and O–H groups in total. The minimum Gasteiger partial charge on any atom is -0.449 e. The molecule has 114 valence electrons. The highest BCUT2D eigenvalue weighted by Gasteiger charge is 2.20. The van der Waals surface area contributed by atoms with Crippen molar-refractivity contribution in [1.82, 2.24) is 10.6 Å². The summed E-state index contributed by atoms with van der Waals surface area (Å²) in [6.07, 6.45) is -1.15. The maximum atomic E-state index is 12.7. The van der Waals surface area contributed by atoms with Crippen molar-refractivity contribution < 1.29 is 23.5 Å². The molecule has 0 aliphatic heterocycles. The summed E-state index contributed by atoms with van der Waals surface area (Å²) in [6.45, 7) is 4.81. The lowest BCUT2D eigenvalue weighted by molar-refractivity contribution is -0.127. The van der Waals surface area contributed by atoms with Crippen LogP contribution in [0.3, 0.4) is 0 Å². The van der Waals surface area contributed by atoms with Gasteiger partial charge in [-0.2, -0.15) is 0 Å². The van der Waals surface area contributed by atoms with E-state index < -0.39 is 29.8 Å². The molecule has 21 heavy (non-hydrogen) atoms. The monoisotopic (exact) mass is 296 g/mol. The highest BCUT2D eigenvalue weighted by Crippen LogP contribution is 2.06. The molecule has 1 unspecified atom stereocenters. The first-order valence-corrected chi connectivity index (χ1v) is 6.37. The van der Waals surface area contributed by atoms with Gasteiger partial charge in [-0.25, -0.2) is 14.0 Å². The smallest absolute Gasteiger partial charge is 0.338 e. The number of amides is 3. The number of rotatable bonds is 4. The first-order chi connectivity index (χ1) is 9.79. The summed E-state index contributed by atoms with van der Waals surface area (Å²) >= 11 is 0. The fourth-order valence-corrected chi connectivity index (χ4v) is 1.38. The van der Waals surface area contributed by atoms with Crippen LogP contribution in [0.4, 0.5) is 9.18 Å². The molecule has 0 spiro atoms. The van der Waals surface area contributed by atoms with Gasteiger partial charge >= 0.3 is 12.0 Å². The summed E-state index contributed by atoms with van der Waals surface area (Å²) in [5.74, 6) is -2.01. The number of benzene rings is 1. The van der Waals surface area contributed by atoms with Gasteiger partial charge in [0.15, 0.2) is 6.10 Å². The zero-order chi connectivity index (χ0) is 16.0. The predicted octanol–water partition coefficient (Wildman–Crippen LogP) is 1.61. The van der Waals surface area contributed by atoms with Gasteiger partial charge < -0.3 is 10.1 Å². The second-order valence-electron chi connectivity index (χ2n) is 4.67. The predicted molar refractivity (Wildman–Crippen MR) is 73.1 cm³/mol. The van der Waals surface area contributed by atoms with Crippen LogP contribution in [0.2, 0.25) is 0 Å². The molecule has 1 aromatic rings. The van der Waals surface area contributed by atoms with Crippen molar-refractivity contribution in [2.45, 2.75) is 32.9 Å². The first kappa shape index (κ1) is 16.6. The van der Waals surface area contributed by atoms with Crippen molar-refractivity contribution in [3.05, 3.63) is 35.6 Å². The molecule has 1 atom stereocenters. The summed E-state index contributed by atoms with van der Waals surface area (Å²) in [6, 6.07) is 3.91. The molecular formula is C14H17FN2O4. The Morgan fingerprint density at radius 1 is 1.10 bits per heavy atom. The Hall–Kier alpha value is -2.44. The van der Waals surface area contributed by atoms with Crippen molar-refractivity contribution in [2.24, 2.45) is 0 Å². The van der Waals surface area contributed by atoms with E-state index in [1.807, 2.05) is 0 Å². The molecule has 3 amide bonds. The third-order valence-electron chi connectivity index (χ3n) is 2.39. The van der Waals surface area contributed by atoms with Crippen LogP contribution < -0.4 is 10.6 Å². The Balaban J connectivity index is 2.53. The highest BCUT2D eigenvalue weighted by molar-refractivity contribution is 5.98. The van der Waals surface area contributed by atoms with Crippen LogP contribution in [0.5, 0.6) is 0 Å². The largest absolute Gasteiger partial charge is 0.449 e. The number of halogens is 1.